The topological polar surface area (TPSA) is 93.2 Å². The fourth-order valence-electron chi connectivity index (χ4n) is 3.52. The SMILES string of the molecule is O=C(OCC(=O)N1CCOCC1)C1CCN(S(=O)(=O)c2ccc(Cl)c(C(F)(F)F)c2)CC1. The molecule has 1 aromatic carbocycles. The number of carbonyl (C=O) groups is 2. The minimum atomic E-state index is -4.79. The first-order chi connectivity index (χ1) is 15.0. The minimum absolute atomic E-state index is 0.0660. The second kappa shape index (κ2) is 9.94. The molecular weight excluding hydrogens is 477 g/mol. The van der Waals surface area contributed by atoms with Crippen LogP contribution in [0, 0.1) is 5.92 Å². The molecule has 1 aromatic rings. The number of hydrogen-bond acceptors (Lipinski definition) is 6. The molecule has 2 fully saturated rings. The van der Waals surface area contributed by atoms with Crippen LogP contribution >= 0.6 is 11.6 Å². The van der Waals surface area contributed by atoms with E-state index in [-0.39, 0.29) is 31.8 Å². The highest BCUT2D eigenvalue weighted by Crippen LogP contribution is 2.36. The van der Waals surface area contributed by atoms with Crippen molar-refractivity contribution < 1.29 is 40.7 Å². The van der Waals surface area contributed by atoms with Gasteiger partial charge in [-0.1, -0.05) is 11.6 Å². The number of piperidine rings is 1. The maximum Gasteiger partial charge on any atom is 0.417 e. The first kappa shape index (κ1) is 24.7. The van der Waals surface area contributed by atoms with Crippen molar-refractivity contribution in [2.45, 2.75) is 23.9 Å². The highest BCUT2D eigenvalue weighted by molar-refractivity contribution is 7.89. The predicted molar refractivity (Wildman–Crippen MR) is 106 cm³/mol. The van der Waals surface area contributed by atoms with Gasteiger partial charge in [0.2, 0.25) is 10.0 Å². The van der Waals surface area contributed by atoms with Crippen LogP contribution in [0.2, 0.25) is 5.02 Å². The van der Waals surface area contributed by atoms with Crippen LogP contribution in [0.25, 0.3) is 0 Å². The number of rotatable bonds is 5. The van der Waals surface area contributed by atoms with Crippen LogP contribution in [0.3, 0.4) is 0 Å². The lowest BCUT2D eigenvalue weighted by molar-refractivity contribution is -0.157. The van der Waals surface area contributed by atoms with Gasteiger partial charge in [0.15, 0.2) is 6.61 Å². The van der Waals surface area contributed by atoms with Gasteiger partial charge >= 0.3 is 12.1 Å². The summed E-state index contributed by atoms with van der Waals surface area (Å²) in [5.74, 6) is -1.53. The zero-order valence-corrected chi connectivity index (χ0v) is 18.5. The molecule has 2 aliphatic rings. The number of ether oxygens (including phenoxy) is 2. The van der Waals surface area contributed by atoms with Crippen molar-refractivity contribution in [3.63, 3.8) is 0 Å². The number of amides is 1. The van der Waals surface area contributed by atoms with Gasteiger partial charge in [-0.2, -0.15) is 17.5 Å². The monoisotopic (exact) mass is 498 g/mol. The fourth-order valence-corrected chi connectivity index (χ4v) is 5.24. The van der Waals surface area contributed by atoms with Crippen molar-refractivity contribution in [1.29, 1.82) is 0 Å². The Morgan fingerprint density at radius 2 is 1.75 bits per heavy atom. The molecule has 178 valence electrons. The molecule has 8 nitrogen and oxygen atoms in total. The van der Waals surface area contributed by atoms with Gasteiger partial charge in [-0.3, -0.25) is 9.59 Å². The molecule has 1 amide bonds. The van der Waals surface area contributed by atoms with Crippen molar-refractivity contribution >= 4 is 33.5 Å². The zero-order chi connectivity index (χ0) is 23.5. The third-order valence-corrected chi connectivity index (χ3v) is 7.59. The van der Waals surface area contributed by atoms with Crippen molar-refractivity contribution in [3.8, 4) is 0 Å². The Hall–Kier alpha value is -1.89. The van der Waals surface area contributed by atoms with E-state index in [4.69, 9.17) is 21.1 Å². The molecule has 32 heavy (non-hydrogen) atoms. The second-order valence-corrected chi connectivity index (χ2v) is 9.76. The van der Waals surface area contributed by atoms with E-state index in [1.807, 2.05) is 0 Å². The van der Waals surface area contributed by atoms with E-state index < -0.39 is 50.2 Å². The number of benzene rings is 1. The Balaban J connectivity index is 1.56. The van der Waals surface area contributed by atoms with Crippen LogP contribution in [-0.2, 0) is 35.3 Å². The summed E-state index contributed by atoms with van der Waals surface area (Å²) < 4.78 is 76.0. The molecule has 0 unspecified atom stereocenters. The number of esters is 1. The van der Waals surface area contributed by atoms with Crippen LogP contribution in [0.1, 0.15) is 18.4 Å². The highest BCUT2D eigenvalue weighted by atomic mass is 35.5. The van der Waals surface area contributed by atoms with Gasteiger partial charge in [-0.05, 0) is 31.0 Å². The standard InChI is InChI=1S/C19H22ClF3N2O6S/c20-16-2-1-14(11-15(16)19(21,22)23)32(28,29)25-5-3-13(4-6-25)18(27)31-12-17(26)24-7-9-30-10-8-24/h1-2,11,13H,3-10,12H2. The van der Waals surface area contributed by atoms with Gasteiger partial charge in [-0.25, -0.2) is 8.42 Å². The number of nitrogens with zero attached hydrogens (tertiary/aromatic N) is 2. The molecule has 0 atom stereocenters. The van der Waals surface area contributed by atoms with Gasteiger partial charge in [0, 0.05) is 26.2 Å². The van der Waals surface area contributed by atoms with Crippen LogP contribution in [0.4, 0.5) is 13.2 Å². The fraction of sp³-hybridized carbons (Fsp3) is 0.579. The third-order valence-electron chi connectivity index (χ3n) is 5.37. The number of hydrogen-bond donors (Lipinski definition) is 0. The molecule has 0 bridgehead atoms. The summed E-state index contributed by atoms with van der Waals surface area (Å²) in [6, 6.07) is 2.42. The Kier molecular flexibility index (Phi) is 7.69. The zero-order valence-electron chi connectivity index (χ0n) is 16.9. The van der Waals surface area contributed by atoms with Crippen molar-refractivity contribution in [2.24, 2.45) is 5.92 Å². The molecule has 2 saturated heterocycles. The van der Waals surface area contributed by atoms with Crippen LogP contribution < -0.4 is 0 Å². The molecular formula is C19H22ClF3N2O6S. The first-order valence-electron chi connectivity index (χ1n) is 9.89. The van der Waals surface area contributed by atoms with Crippen LogP contribution in [0.5, 0.6) is 0 Å². The molecule has 0 spiro atoms. The van der Waals surface area contributed by atoms with E-state index in [0.29, 0.717) is 32.4 Å². The number of morpholine rings is 1. The Labute approximate surface area is 188 Å². The first-order valence-corrected chi connectivity index (χ1v) is 11.7. The predicted octanol–water partition coefficient (Wildman–Crippen LogP) is 2.16. The van der Waals surface area contributed by atoms with Gasteiger partial charge < -0.3 is 14.4 Å². The summed E-state index contributed by atoms with van der Waals surface area (Å²) in [5.41, 5.74) is -1.23. The number of carbonyl (C=O) groups excluding carboxylic acids is 2. The molecule has 13 heteroatoms. The normalized spacial score (nSPS) is 19.1. The molecule has 0 aliphatic carbocycles. The summed E-state index contributed by atoms with van der Waals surface area (Å²) >= 11 is 5.56. The van der Waals surface area contributed by atoms with Crippen LogP contribution in [-0.4, -0.2) is 75.5 Å². The van der Waals surface area contributed by atoms with E-state index in [1.54, 1.807) is 0 Å². The summed E-state index contributed by atoms with van der Waals surface area (Å²) in [6.45, 7) is 1.16. The number of halogens is 4. The molecule has 0 saturated carbocycles. The lowest BCUT2D eigenvalue weighted by Crippen LogP contribution is -2.44. The lowest BCUT2D eigenvalue weighted by Gasteiger charge is -2.30. The van der Waals surface area contributed by atoms with E-state index in [9.17, 15) is 31.2 Å². The summed E-state index contributed by atoms with van der Waals surface area (Å²) in [5, 5.41) is -0.593. The van der Waals surface area contributed by atoms with Gasteiger partial charge in [-0.15, -0.1) is 0 Å². The molecule has 3 rings (SSSR count). The van der Waals surface area contributed by atoms with Crippen molar-refractivity contribution in [1.82, 2.24) is 9.21 Å². The van der Waals surface area contributed by atoms with E-state index in [2.05, 4.69) is 0 Å². The lowest BCUT2D eigenvalue weighted by atomic mass is 9.98. The van der Waals surface area contributed by atoms with Crippen molar-refractivity contribution in [3.05, 3.63) is 28.8 Å². The third kappa shape index (κ3) is 5.72. The van der Waals surface area contributed by atoms with Crippen molar-refractivity contribution in [2.75, 3.05) is 46.0 Å². The quantitative estimate of drug-likeness (QED) is 0.578. The molecule has 0 N–H and O–H groups in total. The Morgan fingerprint density at radius 1 is 1.12 bits per heavy atom. The number of sulfonamides is 1. The maximum absolute atomic E-state index is 13.1. The molecule has 0 radical (unpaired) electrons. The largest absolute Gasteiger partial charge is 0.455 e. The summed E-state index contributed by atoms with van der Waals surface area (Å²) in [4.78, 5) is 25.4. The average Bonchev–Trinajstić information content (AvgIpc) is 2.77. The summed E-state index contributed by atoms with van der Waals surface area (Å²) in [7, 11) is -4.20. The van der Waals surface area contributed by atoms with Gasteiger partial charge in [0.05, 0.1) is 34.6 Å². The second-order valence-electron chi connectivity index (χ2n) is 7.42. The maximum atomic E-state index is 13.1. The van der Waals surface area contributed by atoms with E-state index in [0.717, 1.165) is 16.4 Å². The summed E-state index contributed by atoms with van der Waals surface area (Å²) in [6.07, 6.45) is -4.54. The number of alkyl halides is 3. The highest BCUT2D eigenvalue weighted by Gasteiger charge is 2.37. The van der Waals surface area contributed by atoms with E-state index in [1.165, 1.54) is 4.90 Å². The van der Waals surface area contributed by atoms with Gasteiger partial charge in [0.1, 0.15) is 0 Å². The Bertz CT molecular complexity index is 958. The molecule has 2 heterocycles. The Morgan fingerprint density at radius 3 is 2.34 bits per heavy atom. The van der Waals surface area contributed by atoms with E-state index >= 15 is 0 Å². The minimum Gasteiger partial charge on any atom is -0.455 e. The van der Waals surface area contributed by atoms with Crippen LogP contribution in [0.15, 0.2) is 23.1 Å². The van der Waals surface area contributed by atoms with Gasteiger partial charge in [0.25, 0.3) is 5.91 Å². The molecule has 2 aliphatic heterocycles. The molecule has 0 aromatic heterocycles. The average molecular weight is 499 g/mol. The smallest absolute Gasteiger partial charge is 0.417 e.